The first kappa shape index (κ1) is 18.4. The van der Waals surface area contributed by atoms with E-state index in [1.165, 1.54) is 12.1 Å². The molecule has 4 N–H and O–H groups in total. The fourth-order valence-electron chi connectivity index (χ4n) is 2.03. The standard InChI is InChI=1S/C16H23F3N4O/c1-15(2,9-20)10-23-14-21-7-13(8-22-14)24-12-5-3-11(4-6-12)16(17,18)19/h3-6,13H,7-10,20H2,1-2H3,(H2,21,22,23). The first-order valence-electron chi connectivity index (χ1n) is 7.76. The van der Waals surface area contributed by atoms with Gasteiger partial charge in [0.2, 0.25) is 0 Å². The van der Waals surface area contributed by atoms with E-state index >= 15 is 0 Å². The summed E-state index contributed by atoms with van der Waals surface area (Å²) in [5, 5.41) is 6.31. The van der Waals surface area contributed by atoms with Gasteiger partial charge in [-0.15, -0.1) is 0 Å². The van der Waals surface area contributed by atoms with Crippen molar-refractivity contribution in [3.05, 3.63) is 29.8 Å². The van der Waals surface area contributed by atoms with Crippen LogP contribution in [-0.2, 0) is 6.18 Å². The molecule has 8 heteroatoms. The molecular weight excluding hydrogens is 321 g/mol. The van der Waals surface area contributed by atoms with E-state index < -0.39 is 11.7 Å². The van der Waals surface area contributed by atoms with Crippen LogP contribution in [0.15, 0.2) is 29.3 Å². The Hall–Kier alpha value is -1.96. The summed E-state index contributed by atoms with van der Waals surface area (Å²) in [7, 11) is 0. The number of ether oxygens (including phenoxy) is 1. The Kier molecular flexibility index (Phi) is 5.58. The number of rotatable bonds is 5. The molecule has 0 spiro atoms. The minimum Gasteiger partial charge on any atom is -0.487 e. The number of hydrogen-bond acceptors (Lipinski definition) is 5. The Labute approximate surface area is 139 Å². The van der Waals surface area contributed by atoms with Crippen molar-refractivity contribution in [2.24, 2.45) is 16.1 Å². The Morgan fingerprint density at radius 3 is 2.46 bits per heavy atom. The quantitative estimate of drug-likeness (QED) is 0.764. The molecule has 5 nitrogen and oxygen atoms in total. The van der Waals surface area contributed by atoms with E-state index in [0.717, 1.165) is 12.1 Å². The fourth-order valence-corrected chi connectivity index (χ4v) is 2.03. The van der Waals surface area contributed by atoms with Crippen molar-refractivity contribution >= 4 is 5.96 Å². The van der Waals surface area contributed by atoms with Crippen molar-refractivity contribution in [1.29, 1.82) is 0 Å². The number of aliphatic imine (C=N–C) groups is 1. The third kappa shape index (κ3) is 5.30. The zero-order valence-electron chi connectivity index (χ0n) is 13.8. The summed E-state index contributed by atoms with van der Waals surface area (Å²) in [6, 6.07) is 4.67. The lowest BCUT2D eigenvalue weighted by Crippen LogP contribution is -2.50. The van der Waals surface area contributed by atoms with Crippen molar-refractivity contribution in [3.63, 3.8) is 0 Å². The van der Waals surface area contributed by atoms with Crippen molar-refractivity contribution < 1.29 is 17.9 Å². The number of halogens is 3. The highest BCUT2D eigenvalue weighted by atomic mass is 19.4. The molecule has 1 aliphatic heterocycles. The molecule has 0 saturated heterocycles. The summed E-state index contributed by atoms with van der Waals surface area (Å²) in [6.45, 7) is 6.32. The summed E-state index contributed by atoms with van der Waals surface area (Å²) in [5.74, 6) is 1.08. The van der Waals surface area contributed by atoms with Crippen LogP contribution in [0.5, 0.6) is 5.75 Å². The van der Waals surface area contributed by atoms with Crippen molar-refractivity contribution in [2.75, 3.05) is 26.2 Å². The number of hydrogen-bond donors (Lipinski definition) is 3. The molecule has 1 aromatic carbocycles. The highest BCUT2D eigenvalue weighted by molar-refractivity contribution is 5.80. The van der Waals surface area contributed by atoms with Crippen LogP contribution in [0.25, 0.3) is 0 Å². The van der Waals surface area contributed by atoms with Crippen LogP contribution in [0, 0.1) is 5.41 Å². The predicted octanol–water partition coefficient (Wildman–Crippen LogP) is 1.99. The van der Waals surface area contributed by atoms with Gasteiger partial charge in [0.15, 0.2) is 5.96 Å². The van der Waals surface area contributed by atoms with Gasteiger partial charge in [-0.2, -0.15) is 13.2 Å². The molecule has 0 amide bonds. The zero-order chi connectivity index (χ0) is 17.8. The number of nitrogens with two attached hydrogens (primary N) is 1. The van der Waals surface area contributed by atoms with Crippen LogP contribution in [-0.4, -0.2) is 38.2 Å². The average Bonchev–Trinajstić information content (AvgIpc) is 2.54. The van der Waals surface area contributed by atoms with Gasteiger partial charge in [0.05, 0.1) is 18.7 Å². The molecule has 0 radical (unpaired) electrons. The smallest absolute Gasteiger partial charge is 0.416 e. The van der Waals surface area contributed by atoms with Crippen molar-refractivity contribution in [3.8, 4) is 5.75 Å². The van der Waals surface area contributed by atoms with Gasteiger partial charge in [0.1, 0.15) is 11.9 Å². The van der Waals surface area contributed by atoms with Crippen LogP contribution in [0.2, 0.25) is 0 Å². The fraction of sp³-hybridized carbons (Fsp3) is 0.562. The van der Waals surface area contributed by atoms with Crippen LogP contribution >= 0.6 is 0 Å². The van der Waals surface area contributed by atoms with Crippen molar-refractivity contribution in [1.82, 2.24) is 10.6 Å². The van der Waals surface area contributed by atoms with E-state index in [1.54, 1.807) is 0 Å². The molecule has 0 aliphatic carbocycles. The number of nitrogens with zero attached hydrogens (tertiary/aromatic N) is 1. The lowest BCUT2D eigenvalue weighted by atomic mass is 9.94. The highest BCUT2D eigenvalue weighted by Crippen LogP contribution is 2.30. The van der Waals surface area contributed by atoms with Crippen LogP contribution in [0.3, 0.4) is 0 Å². The summed E-state index contributed by atoms with van der Waals surface area (Å²) in [4.78, 5) is 4.35. The second-order valence-electron chi connectivity index (χ2n) is 6.55. The molecule has 24 heavy (non-hydrogen) atoms. The first-order chi connectivity index (χ1) is 11.2. The monoisotopic (exact) mass is 344 g/mol. The van der Waals surface area contributed by atoms with E-state index in [0.29, 0.717) is 37.9 Å². The average molecular weight is 344 g/mol. The highest BCUT2D eigenvalue weighted by Gasteiger charge is 2.30. The molecule has 0 aromatic heterocycles. The van der Waals surface area contributed by atoms with E-state index in [1.807, 2.05) is 0 Å². The van der Waals surface area contributed by atoms with E-state index in [4.69, 9.17) is 10.5 Å². The van der Waals surface area contributed by atoms with Crippen LogP contribution < -0.4 is 21.1 Å². The van der Waals surface area contributed by atoms with E-state index in [-0.39, 0.29) is 11.5 Å². The number of nitrogens with one attached hydrogen (secondary N) is 2. The van der Waals surface area contributed by atoms with Crippen LogP contribution in [0.1, 0.15) is 19.4 Å². The van der Waals surface area contributed by atoms with Gasteiger partial charge in [0, 0.05) is 6.54 Å². The van der Waals surface area contributed by atoms with Gasteiger partial charge in [0.25, 0.3) is 0 Å². The molecular formula is C16H23F3N4O. The maximum atomic E-state index is 12.5. The van der Waals surface area contributed by atoms with E-state index in [9.17, 15) is 13.2 Å². The van der Waals surface area contributed by atoms with Gasteiger partial charge in [-0.25, -0.2) is 4.99 Å². The summed E-state index contributed by atoms with van der Waals surface area (Å²) in [5.41, 5.74) is 4.96. The maximum Gasteiger partial charge on any atom is 0.416 e. The van der Waals surface area contributed by atoms with E-state index in [2.05, 4.69) is 29.5 Å². The number of alkyl halides is 3. The van der Waals surface area contributed by atoms with Crippen LogP contribution in [0.4, 0.5) is 13.2 Å². The number of guanidine groups is 1. The summed E-state index contributed by atoms with van der Waals surface area (Å²) >= 11 is 0. The third-order valence-electron chi connectivity index (χ3n) is 3.72. The molecule has 0 bridgehead atoms. The molecule has 2 rings (SSSR count). The Bertz CT molecular complexity index is 570. The predicted molar refractivity (Wildman–Crippen MR) is 87.0 cm³/mol. The van der Waals surface area contributed by atoms with Gasteiger partial charge in [-0.1, -0.05) is 13.8 Å². The second-order valence-corrected chi connectivity index (χ2v) is 6.55. The Morgan fingerprint density at radius 1 is 1.29 bits per heavy atom. The minimum absolute atomic E-state index is 0.0300. The molecule has 1 aliphatic rings. The lowest BCUT2D eigenvalue weighted by molar-refractivity contribution is -0.137. The maximum absolute atomic E-state index is 12.5. The first-order valence-corrected chi connectivity index (χ1v) is 7.76. The molecule has 0 saturated carbocycles. The van der Waals surface area contributed by atoms with Gasteiger partial charge >= 0.3 is 6.18 Å². The van der Waals surface area contributed by atoms with Gasteiger partial charge < -0.3 is 21.1 Å². The molecule has 1 heterocycles. The molecule has 1 atom stereocenters. The third-order valence-corrected chi connectivity index (χ3v) is 3.72. The lowest BCUT2D eigenvalue weighted by Gasteiger charge is -2.28. The Morgan fingerprint density at radius 2 is 1.96 bits per heavy atom. The van der Waals surface area contributed by atoms with Gasteiger partial charge in [-0.3, -0.25) is 0 Å². The second kappa shape index (κ2) is 7.29. The van der Waals surface area contributed by atoms with Gasteiger partial charge in [-0.05, 0) is 36.2 Å². The van der Waals surface area contributed by atoms with Crippen molar-refractivity contribution in [2.45, 2.75) is 26.1 Å². The summed E-state index contributed by atoms with van der Waals surface area (Å²) in [6.07, 6.45) is -4.57. The molecule has 134 valence electrons. The largest absolute Gasteiger partial charge is 0.487 e. The topological polar surface area (TPSA) is 71.7 Å². The molecule has 1 aromatic rings. The SMILES string of the molecule is CC(C)(CN)CNC1=NCC(Oc2ccc(C(F)(F)F)cc2)CN1. The zero-order valence-corrected chi connectivity index (χ0v) is 13.8. The molecule has 0 fully saturated rings. The number of benzene rings is 1. The summed E-state index contributed by atoms with van der Waals surface area (Å²) < 4.78 is 43.2. The normalized spacial score (nSPS) is 18.6. The minimum atomic E-state index is -4.34. The molecule has 1 unspecified atom stereocenters. The Balaban J connectivity index is 1.84.